The zero-order valence-electron chi connectivity index (χ0n) is 14.3. The molecule has 5 nitrogen and oxygen atoms in total. The van der Waals surface area contributed by atoms with Crippen molar-refractivity contribution in [1.82, 2.24) is 15.0 Å². The summed E-state index contributed by atoms with van der Waals surface area (Å²) in [6.07, 6.45) is 3.27. The van der Waals surface area contributed by atoms with Gasteiger partial charge in [-0.05, 0) is 44.8 Å². The summed E-state index contributed by atoms with van der Waals surface area (Å²) in [7, 11) is 0. The number of nitrogens with zero attached hydrogens (tertiary/aromatic N) is 3. The van der Waals surface area contributed by atoms with Crippen molar-refractivity contribution in [2.24, 2.45) is 0 Å². The topological polar surface area (TPSA) is 49.6 Å². The van der Waals surface area contributed by atoms with Gasteiger partial charge in [0.15, 0.2) is 5.69 Å². The summed E-state index contributed by atoms with van der Waals surface area (Å²) in [5, 5.41) is 3.84. The third kappa shape index (κ3) is 4.45. The maximum Gasteiger partial charge on any atom is 0.276 e. The molecule has 2 aromatic rings. The molecule has 1 fully saturated rings. The van der Waals surface area contributed by atoms with Crippen LogP contribution in [0, 0.1) is 6.92 Å². The molecular formula is C19H25N3O2. The minimum Gasteiger partial charge on any atom is -0.361 e. The van der Waals surface area contributed by atoms with E-state index in [4.69, 9.17) is 4.52 Å². The summed E-state index contributed by atoms with van der Waals surface area (Å²) in [5.74, 6) is 0.661. The average molecular weight is 327 g/mol. The Morgan fingerprint density at radius 3 is 2.75 bits per heavy atom. The fourth-order valence-electron chi connectivity index (χ4n) is 3.18. The van der Waals surface area contributed by atoms with E-state index in [-0.39, 0.29) is 5.91 Å². The lowest BCUT2D eigenvalue weighted by molar-refractivity contribution is 0.0751. The maximum atomic E-state index is 12.5. The lowest BCUT2D eigenvalue weighted by Crippen LogP contribution is -2.35. The largest absolute Gasteiger partial charge is 0.361 e. The number of rotatable bonds is 5. The van der Waals surface area contributed by atoms with Crippen molar-refractivity contribution in [2.45, 2.75) is 26.2 Å². The molecule has 0 aliphatic carbocycles. The average Bonchev–Trinajstić information content (AvgIpc) is 2.90. The molecule has 1 amide bonds. The van der Waals surface area contributed by atoms with E-state index in [0.717, 1.165) is 52.0 Å². The molecule has 0 bridgehead atoms. The molecule has 0 N–H and O–H groups in total. The minimum absolute atomic E-state index is 0.0158. The van der Waals surface area contributed by atoms with Crippen LogP contribution in [-0.4, -0.2) is 53.6 Å². The Balaban J connectivity index is 1.45. The van der Waals surface area contributed by atoms with Crippen LogP contribution in [0.4, 0.5) is 0 Å². The Kier molecular flexibility index (Phi) is 5.64. The molecule has 1 aliphatic heterocycles. The van der Waals surface area contributed by atoms with Gasteiger partial charge in [-0.1, -0.05) is 35.5 Å². The highest BCUT2D eigenvalue weighted by molar-refractivity contribution is 5.92. The molecule has 3 rings (SSSR count). The quantitative estimate of drug-likeness (QED) is 0.847. The normalized spacial score (nSPS) is 16.1. The standard InChI is InChI=1S/C19H25N3O2/c1-16-15-18(20-24-16)19(23)22-12-6-11-21(13-14-22)10-5-9-17-7-3-2-4-8-17/h2-4,7-8,15H,5-6,9-14H2,1H3. The highest BCUT2D eigenvalue weighted by Gasteiger charge is 2.22. The van der Waals surface area contributed by atoms with Crippen molar-refractivity contribution in [2.75, 3.05) is 32.7 Å². The van der Waals surface area contributed by atoms with Crippen molar-refractivity contribution >= 4 is 5.91 Å². The first kappa shape index (κ1) is 16.7. The molecule has 0 radical (unpaired) electrons. The molecule has 1 aliphatic rings. The monoisotopic (exact) mass is 327 g/mol. The Morgan fingerprint density at radius 1 is 1.17 bits per heavy atom. The van der Waals surface area contributed by atoms with Gasteiger partial charge < -0.3 is 14.3 Å². The van der Waals surface area contributed by atoms with E-state index in [2.05, 4.69) is 40.4 Å². The van der Waals surface area contributed by atoms with E-state index in [0.29, 0.717) is 11.5 Å². The van der Waals surface area contributed by atoms with Crippen LogP contribution in [0.3, 0.4) is 0 Å². The van der Waals surface area contributed by atoms with Gasteiger partial charge in [0.25, 0.3) is 5.91 Å². The summed E-state index contributed by atoms with van der Waals surface area (Å²) in [6, 6.07) is 12.3. The lowest BCUT2D eigenvalue weighted by atomic mass is 10.1. The summed E-state index contributed by atoms with van der Waals surface area (Å²) in [5.41, 5.74) is 1.82. The smallest absolute Gasteiger partial charge is 0.276 e. The molecule has 128 valence electrons. The van der Waals surface area contributed by atoms with Crippen LogP contribution in [0.2, 0.25) is 0 Å². The minimum atomic E-state index is -0.0158. The zero-order valence-corrected chi connectivity index (χ0v) is 14.3. The first-order valence-electron chi connectivity index (χ1n) is 8.71. The van der Waals surface area contributed by atoms with Crippen LogP contribution in [-0.2, 0) is 6.42 Å². The molecule has 0 saturated carbocycles. The third-order valence-corrected chi connectivity index (χ3v) is 4.51. The van der Waals surface area contributed by atoms with E-state index in [1.54, 1.807) is 13.0 Å². The Labute approximate surface area is 143 Å². The molecule has 1 aromatic heterocycles. The van der Waals surface area contributed by atoms with Crippen LogP contribution >= 0.6 is 0 Å². The van der Waals surface area contributed by atoms with Gasteiger partial charge in [0.1, 0.15) is 5.76 Å². The Hall–Kier alpha value is -2.14. The van der Waals surface area contributed by atoms with Crippen LogP contribution in [0.25, 0.3) is 0 Å². The van der Waals surface area contributed by atoms with E-state index in [1.165, 1.54) is 5.56 Å². The highest BCUT2D eigenvalue weighted by Crippen LogP contribution is 2.11. The van der Waals surface area contributed by atoms with Gasteiger partial charge in [-0.3, -0.25) is 4.79 Å². The molecule has 1 saturated heterocycles. The number of carbonyl (C=O) groups is 1. The number of amides is 1. The molecule has 2 heterocycles. The van der Waals surface area contributed by atoms with E-state index < -0.39 is 0 Å². The highest BCUT2D eigenvalue weighted by atomic mass is 16.5. The number of hydrogen-bond donors (Lipinski definition) is 0. The van der Waals surface area contributed by atoms with Crippen molar-refractivity contribution in [3.05, 3.63) is 53.4 Å². The number of aromatic nitrogens is 1. The molecule has 0 spiro atoms. The number of hydrogen-bond acceptors (Lipinski definition) is 4. The fourth-order valence-corrected chi connectivity index (χ4v) is 3.18. The van der Waals surface area contributed by atoms with Crippen molar-refractivity contribution in [3.8, 4) is 0 Å². The predicted molar refractivity (Wildman–Crippen MR) is 93.0 cm³/mol. The van der Waals surface area contributed by atoms with Crippen LogP contribution < -0.4 is 0 Å². The van der Waals surface area contributed by atoms with Gasteiger partial charge in [-0.2, -0.15) is 0 Å². The SMILES string of the molecule is Cc1cc(C(=O)N2CCCN(CCCc3ccccc3)CC2)no1. The Bertz CT molecular complexity index is 654. The van der Waals surface area contributed by atoms with Gasteiger partial charge in [0.2, 0.25) is 0 Å². The first-order chi connectivity index (χ1) is 11.7. The van der Waals surface area contributed by atoms with E-state index in [1.807, 2.05) is 4.90 Å². The lowest BCUT2D eigenvalue weighted by Gasteiger charge is -2.21. The van der Waals surface area contributed by atoms with Gasteiger partial charge in [0, 0.05) is 25.7 Å². The molecule has 5 heteroatoms. The molecule has 0 unspecified atom stereocenters. The van der Waals surface area contributed by atoms with Crippen LogP contribution in [0.5, 0.6) is 0 Å². The van der Waals surface area contributed by atoms with E-state index >= 15 is 0 Å². The van der Waals surface area contributed by atoms with Crippen molar-refractivity contribution < 1.29 is 9.32 Å². The predicted octanol–water partition coefficient (Wildman–Crippen LogP) is 2.76. The maximum absolute atomic E-state index is 12.5. The summed E-state index contributed by atoms with van der Waals surface area (Å²) in [6.45, 7) is 6.42. The Morgan fingerprint density at radius 2 is 2.00 bits per heavy atom. The van der Waals surface area contributed by atoms with Gasteiger partial charge in [-0.25, -0.2) is 0 Å². The van der Waals surface area contributed by atoms with E-state index in [9.17, 15) is 4.79 Å². The second-order valence-electron chi connectivity index (χ2n) is 6.40. The summed E-state index contributed by atoms with van der Waals surface area (Å²) >= 11 is 0. The molecule has 0 atom stereocenters. The van der Waals surface area contributed by atoms with Crippen molar-refractivity contribution in [1.29, 1.82) is 0 Å². The molecule has 1 aromatic carbocycles. The number of benzene rings is 1. The first-order valence-corrected chi connectivity index (χ1v) is 8.71. The third-order valence-electron chi connectivity index (χ3n) is 4.51. The fraction of sp³-hybridized carbons (Fsp3) is 0.474. The summed E-state index contributed by atoms with van der Waals surface area (Å²) < 4.78 is 5.02. The second-order valence-corrected chi connectivity index (χ2v) is 6.40. The van der Waals surface area contributed by atoms with Crippen molar-refractivity contribution in [3.63, 3.8) is 0 Å². The summed E-state index contributed by atoms with van der Waals surface area (Å²) in [4.78, 5) is 16.8. The molecule has 24 heavy (non-hydrogen) atoms. The number of carbonyl (C=O) groups excluding carboxylic acids is 1. The van der Waals surface area contributed by atoms with Crippen LogP contribution in [0.1, 0.15) is 34.7 Å². The van der Waals surface area contributed by atoms with Gasteiger partial charge >= 0.3 is 0 Å². The number of aryl methyl sites for hydroxylation is 2. The van der Waals surface area contributed by atoms with Gasteiger partial charge in [-0.15, -0.1) is 0 Å². The van der Waals surface area contributed by atoms with Gasteiger partial charge in [0.05, 0.1) is 0 Å². The second kappa shape index (κ2) is 8.11. The molecular weight excluding hydrogens is 302 g/mol. The van der Waals surface area contributed by atoms with Crippen LogP contribution in [0.15, 0.2) is 40.9 Å². The zero-order chi connectivity index (χ0) is 16.8.